The molecule has 0 N–H and O–H groups in total. The van der Waals surface area contributed by atoms with E-state index in [0.29, 0.717) is 13.2 Å². The number of hydrogen-bond acceptors (Lipinski definition) is 7. The maximum atomic E-state index is 11.2. The van der Waals surface area contributed by atoms with Crippen LogP contribution < -0.4 is 0 Å². The zero-order valence-electron chi connectivity index (χ0n) is 12.1. The van der Waals surface area contributed by atoms with Crippen LogP contribution in [0.2, 0.25) is 0 Å². The van der Waals surface area contributed by atoms with Crippen LogP contribution in [-0.2, 0) is 33.3 Å². The third kappa shape index (κ3) is 11.6. The van der Waals surface area contributed by atoms with Crippen molar-refractivity contribution in [2.45, 2.75) is 13.0 Å². The molecule has 0 radical (unpaired) electrons. The second-order valence-corrected chi connectivity index (χ2v) is 3.78. The van der Waals surface area contributed by atoms with Crippen LogP contribution in [0.4, 0.5) is 0 Å². The van der Waals surface area contributed by atoms with E-state index in [4.69, 9.17) is 23.7 Å². The maximum Gasteiger partial charge on any atom is 0.331 e. The topological polar surface area (TPSA) is 80.3 Å². The highest BCUT2D eigenvalue weighted by atomic mass is 16.6. The normalized spacial score (nSPS) is 12.3. The Kier molecular flexibility index (Phi) is 11.7. The van der Waals surface area contributed by atoms with Gasteiger partial charge in [-0.05, 0) is 6.92 Å². The molecule has 0 aromatic carbocycles. The van der Waals surface area contributed by atoms with Crippen LogP contribution in [0.5, 0.6) is 0 Å². The summed E-state index contributed by atoms with van der Waals surface area (Å²) in [5, 5.41) is 0. The molecule has 20 heavy (non-hydrogen) atoms. The fourth-order valence-electron chi connectivity index (χ4n) is 0.945. The Balaban J connectivity index is 3.63. The number of carbonyl (C=O) groups excluding carboxylic acids is 2. The zero-order chi connectivity index (χ0) is 15.2. The Morgan fingerprint density at radius 3 is 2.15 bits per heavy atom. The van der Waals surface area contributed by atoms with E-state index >= 15 is 0 Å². The quantitative estimate of drug-likeness (QED) is 0.308. The number of methoxy groups -OCH3 is 2. The molecule has 1 unspecified atom stereocenters. The number of carbonyl (C=O) groups is 2. The molecule has 0 aliphatic rings. The SMILES string of the molecule is COCCOCCOC(=O)/C=C/C(=O)OCC(C)OC. The summed E-state index contributed by atoms with van der Waals surface area (Å²) in [4.78, 5) is 22.4. The van der Waals surface area contributed by atoms with Crippen molar-refractivity contribution in [3.8, 4) is 0 Å². The van der Waals surface area contributed by atoms with Crippen LogP contribution >= 0.6 is 0 Å². The first-order chi connectivity index (χ1) is 9.60. The molecule has 0 aliphatic heterocycles. The van der Waals surface area contributed by atoms with E-state index in [0.717, 1.165) is 12.2 Å². The molecule has 0 heterocycles. The second kappa shape index (κ2) is 12.6. The number of hydrogen-bond donors (Lipinski definition) is 0. The third-order valence-corrected chi connectivity index (χ3v) is 2.12. The van der Waals surface area contributed by atoms with Crippen LogP contribution in [-0.4, -0.2) is 65.3 Å². The Bertz CT molecular complexity index is 301. The summed E-state index contributed by atoms with van der Waals surface area (Å²) < 4.78 is 24.4. The van der Waals surface area contributed by atoms with Gasteiger partial charge in [0.05, 0.1) is 25.9 Å². The van der Waals surface area contributed by atoms with Gasteiger partial charge in [-0.3, -0.25) is 0 Å². The van der Waals surface area contributed by atoms with Crippen molar-refractivity contribution in [1.82, 2.24) is 0 Å². The van der Waals surface area contributed by atoms with Gasteiger partial charge in [0.2, 0.25) is 0 Å². The summed E-state index contributed by atoms with van der Waals surface area (Å²) in [6.07, 6.45) is 1.83. The Morgan fingerprint density at radius 1 is 0.950 bits per heavy atom. The molecule has 1 atom stereocenters. The van der Waals surface area contributed by atoms with Gasteiger partial charge in [0, 0.05) is 26.4 Å². The number of rotatable bonds is 11. The molecule has 0 aromatic heterocycles. The van der Waals surface area contributed by atoms with Crippen LogP contribution in [0.15, 0.2) is 12.2 Å². The van der Waals surface area contributed by atoms with E-state index in [1.165, 1.54) is 7.11 Å². The molecule has 0 amide bonds. The van der Waals surface area contributed by atoms with Crippen molar-refractivity contribution in [2.24, 2.45) is 0 Å². The highest BCUT2D eigenvalue weighted by molar-refractivity contribution is 5.91. The van der Waals surface area contributed by atoms with E-state index in [1.54, 1.807) is 14.0 Å². The summed E-state index contributed by atoms with van der Waals surface area (Å²) >= 11 is 0. The van der Waals surface area contributed by atoms with Gasteiger partial charge in [-0.15, -0.1) is 0 Å². The van der Waals surface area contributed by atoms with Crippen molar-refractivity contribution in [3.63, 3.8) is 0 Å². The molecule has 0 bridgehead atoms. The van der Waals surface area contributed by atoms with Crippen LogP contribution in [0, 0.1) is 0 Å². The Morgan fingerprint density at radius 2 is 1.55 bits per heavy atom. The first kappa shape index (κ1) is 18.6. The molecule has 7 heteroatoms. The smallest absolute Gasteiger partial charge is 0.331 e. The monoisotopic (exact) mass is 290 g/mol. The molecule has 0 rings (SSSR count). The van der Waals surface area contributed by atoms with Gasteiger partial charge in [-0.2, -0.15) is 0 Å². The van der Waals surface area contributed by atoms with Crippen LogP contribution in [0.1, 0.15) is 6.92 Å². The van der Waals surface area contributed by atoms with Gasteiger partial charge in [-0.1, -0.05) is 0 Å². The highest BCUT2D eigenvalue weighted by Gasteiger charge is 2.04. The minimum Gasteiger partial charge on any atom is -0.460 e. The van der Waals surface area contributed by atoms with Gasteiger partial charge in [0.15, 0.2) is 0 Å². The van der Waals surface area contributed by atoms with Gasteiger partial charge in [0.1, 0.15) is 13.2 Å². The lowest BCUT2D eigenvalue weighted by Gasteiger charge is -2.08. The first-order valence-corrected chi connectivity index (χ1v) is 6.21. The Labute approximate surface area is 118 Å². The number of esters is 2. The minimum atomic E-state index is -0.628. The fourth-order valence-corrected chi connectivity index (χ4v) is 0.945. The summed E-state index contributed by atoms with van der Waals surface area (Å²) in [6.45, 7) is 3.20. The predicted octanol–water partition coefficient (Wildman–Crippen LogP) is 0.327. The van der Waals surface area contributed by atoms with E-state index in [-0.39, 0.29) is 25.9 Å². The van der Waals surface area contributed by atoms with Crippen molar-refractivity contribution < 1.29 is 33.3 Å². The van der Waals surface area contributed by atoms with E-state index in [2.05, 4.69) is 0 Å². The largest absolute Gasteiger partial charge is 0.460 e. The molecule has 0 spiro atoms. The zero-order valence-corrected chi connectivity index (χ0v) is 12.1. The van der Waals surface area contributed by atoms with Gasteiger partial charge >= 0.3 is 11.9 Å². The second-order valence-electron chi connectivity index (χ2n) is 3.78. The maximum absolute atomic E-state index is 11.2. The van der Waals surface area contributed by atoms with E-state index in [9.17, 15) is 9.59 Å². The average molecular weight is 290 g/mol. The standard InChI is InChI=1S/C13H22O7/c1-11(17-3)10-20-13(15)5-4-12(14)19-9-8-18-7-6-16-2/h4-5,11H,6-10H2,1-3H3/b5-4+. The van der Waals surface area contributed by atoms with Crippen LogP contribution in [0.3, 0.4) is 0 Å². The predicted molar refractivity (Wildman–Crippen MR) is 70.2 cm³/mol. The molecule has 7 nitrogen and oxygen atoms in total. The number of ether oxygens (including phenoxy) is 5. The molecular formula is C13H22O7. The van der Waals surface area contributed by atoms with Gasteiger partial charge in [-0.25, -0.2) is 9.59 Å². The average Bonchev–Trinajstić information content (AvgIpc) is 2.46. The molecule has 0 aromatic rings. The van der Waals surface area contributed by atoms with Crippen molar-refractivity contribution in [3.05, 3.63) is 12.2 Å². The van der Waals surface area contributed by atoms with Gasteiger partial charge in [0.25, 0.3) is 0 Å². The van der Waals surface area contributed by atoms with E-state index < -0.39 is 11.9 Å². The molecule has 0 saturated carbocycles. The third-order valence-electron chi connectivity index (χ3n) is 2.12. The lowest BCUT2D eigenvalue weighted by Crippen LogP contribution is -2.16. The molecule has 0 aliphatic carbocycles. The molecular weight excluding hydrogens is 268 g/mol. The summed E-state index contributed by atoms with van der Waals surface area (Å²) in [6, 6.07) is 0. The minimum absolute atomic E-state index is 0.114. The lowest BCUT2D eigenvalue weighted by atomic mass is 10.4. The summed E-state index contributed by atoms with van der Waals surface area (Å²) in [7, 11) is 3.08. The molecule has 0 fully saturated rings. The Hall–Kier alpha value is -1.44. The molecule has 116 valence electrons. The van der Waals surface area contributed by atoms with Gasteiger partial charge < -0.3 is 23.7 Å². The van der Waals surface area contributed by atoms with Crippen LogP contribution in [0.25, 0.3) is 0 Å². The van der Waals surface area contributed by atoms with Crippen molar-refractivity contribution >= 4 is 11.9 Å². The lowest BCUT2D eigenvalue weighted by molar-refractivity contribution is -0.143. The first-order valence-electron chi connectivity index (χ1n) is 6.21. The van der Waals surface area contributed by atoms with Crippen molar-refractivity contribution in [2.75, 3.05) is 47.3 Å². The highest BCUT2D eigenvalue weighted by Crippen LogP contribution is 1.91. The summed E-state index contributed by atoms with van der Waals surface area (Å²) in [5.74, 6) is -1.25. The summed E-state index contributed by atoms with van der Waals surface area (Å²) in [5.41, 5.74) is 0. The van der Waals surface area contributed by atoms with Crippen molar-refractivity contribution in [1.29, 1.82) is 0 Å². The van der Waals surface area contributed by atoms with E-state index in [1.807, 2.05) is 0 Å². The fraction of sp³-hybridized carbons (Fsp3) is 0.692. The molecule has 0 saturated heterocycles.